The van der Waals surface area contributed by atoms with Crippen molar-refractivity contribution in [2.24, 2.45) is 11.8 Å². The Labute approximate surface area is 116 Å². The summed E-state index contributed by atoms with van der Waals surface area (Å²) in [7, 11) is 0. The highest BCUT2D eigenvalue weighted by Gasteiger charge is 2.32. The van der Waals surface area contributed by atoms with Crippen molar-refractivity contribution in [3.05, 3.63) is 11.9 Å². The number of hydrogen-bond acceptors (Lipinski definition) is 4. The lowest BCUT2D eigenvalue weighted by molar-refractivity contribution is 0.323. The number of nitrogens with zero attached hydrogens (tertiary/aromatic N) is 2. The van der Waals surface area contributed by atoms with Crippen LogP contribution >= 0.6 is 0 Å². The van der Waals surface area contributed by atoms with E-state index in [0.717, 1.165) is 17.3 Å². The zero-order chi connectivity index (χ0) is 13.8. The third-order valence-corrected chi connectivity index (χ3v) is 4.39. The van der Waals surface area contributed by atoms with Crippen LogP contribution in [0.1, 0.15) is 45.6 Å². The first-order chi connectivity index (χ1) is 9.17. The van der Waals surface area contributed by atoms with Gasteiger partial charge in [0.15, 0.2) is 0 Å². The molecule has 1 aromatic rings. The van der Waals surface area contributed by atoms with Crippen LogP contribution in [0.3, 0.4) is 0 Å². The van der Waals surface area contributed by atoms with Gasteiger partial charge in [-0.3, -0.25) is 0 Å². The molecule has 0 radical (unpaired) electrons. The predicted octanol–water partition coefficient (Wildman–Crippen LogP) is 3.42. The van der Waals surface area contributed by atoms with Crippen LogP contribution in [0.5, 0.6) is 5.88 Å². The minimum Gasteiger partial charge on any atom is -0.478 e. The maximum absolute atomic E-state index is 5.52. The van der Waals surface area contributed by atoms with Gasteiger partial charge >= 0.3 is 0 Å². The molecule has 1 aliphatic rings. The third kappa shape index (κ3) is 2.99. The van der Waals surface area contributed by atoms with Crippen LogP contribution < -0.4 is 10.1 Å². The maximum atomic E-state index is 5.52. The molecule has 0 saturated heterocycles. The fourth-order valence-electron chi connectivity index (χ4n) is 3.06. The van der Waals surface area contributed by atoms with E-state index in [1.54, 1.807) is 6.33 Å². The summed E-state index contributed by atoms with van der Waals surface area (Å²) < 4.78 is 5.52. The number of nitrogens with one attached hydrogen (secondary N) is 1. The second-order valence-electron chi connectivity index (χ2n) is 5.44. The lowest BCUT2D eigenvalue weighted by atomic mass is 9.93. The Kier molecular flexibility index (Phi) is 4.61. The Bertz CT molecular complexity index is 422. The molecule has 0 aliphatic heterocycles. The minimum atomic E-state index is 0.521. The summed E-state index contributed by atoms with van der Waals surface area (Å²) in [5.74, 6) is 3.16. The predicted molar refractivity (Wildman–Crippen MR) is 77.5 cm³/mol. The largest absolute Gasteiger partial charge is 0.478 e. The molecular formula is C15H25N3O. The van der Waals surface area contributed by atoms with Crippen LogP contribution in [0.15, 0.2) is 6.33 Å². The van der Waals surface area contributed by atoms with Crippen molar-refractivity contribution in [1.29, 1.82) is 0 Å². The SMILES string of the molecule is CCOc1ncnc(NC2CCC(CC)C2C)c1C. The molecule has 3 atom stereocenters. The second kappa shape index (κ2) is 6.22. The molecular weight excluding hydrogens is 238 g/mol. The Balaban J connectivity index is 2.09. The first kappa shape index (κ1) is 14.1. The summed E-state index contributed by atoms with van der Waals surface area (Å²) in [6, 6.07) is 0.521. The standard InChI is InChI=1S/C15H25N3O/c1-5-12-7-8-13(10(12)3)18-14-11(4)15(19-6-2)17-9-16-14/h9-10,12-13H,5-8H2,1-4H3,(H,16,17,18). The van der Waals surface area contributed by atoms with Gasteiger partial charge in [0.05, 0.1) is 12.2 Å². The van der Waals surface area contributed by atoms with E-state index in [4.69, 9.17) is 4.74 Å². The molecule has 19 heavy (non-hydrogen) atoms. The van der Waals surface area contributed by atoms with Crippen LogP contribution in [0.4, 0.5) is 5.82 Å². The first-order valence-corrected chi connectivity index (χ1v) is 7.38. The van der Waals surface area contributed by atoms with Crippen LogP contribution in [0, 0.1) is 18.8 Å². The van der Waals surface area contributed by atoms with E-state index in [1.807, 2.05) is 13.8 Å². The molecule has 0 amide bonds. The van der Waals surface area contributed by atoms with Gasteiger partial charge in [-0.25, -0.2) is 9.97 Å². The van der Waals surface area contributed by atoms with Crippen LogP contribution in [0.2, 0.25) is 0 Å². The van der Waals surface area contributed by atoms with Gasteiger partial charge in [-0.15, -0.1) is 0 Å². The van der Waals surface area contributed by atoms with Crippen molar-refractivity contribution in [1.82, 2.24) is 9.97 Å². The zero-order valence-electron chi connectivity index (χ0n) is 12.4. The van der Waals surface area contributed by atoms with Crippen LogP contribution in [-0.4, -0.2) is 22.6 Å². The topological polar surface area (TPSA) is 47.0 Å². The molecule has 3 unspecified atom stereocenters. The average molecular weight is 263 g/mol. The zero-order valence-corrected chi connectivity index (χ0v) is 12.4. The fraction of sp³-hybridized carbons (Fsp3) is 0.733. The van der Waals surface area contributed by atoms with Gasteiger partial charge in [-0.2, -0.15) is 0 Å². The minimum absolute atomic E-state index is 0.521. The normalized spacial score (nSPS) is 26.4. The van der Waals surface area contributed by atoms with Crippen molar-refractivity contribution in [3.63, 3.8) is 0 Å². The van der Waals surface area contributed by atoms with Gasteiger partial charge in [0.25, 0.3) is 0 Å². The van der Waals surface area contributed by atoms with Crippen molar-refractivity contribution in [2.75, 3.05) is 11.9 Å². The van der Waals surface area contributed by atoms with E-state index in [1.165, 1.54) is 19.3 Å². The van der Waals surface area contributed by atoms with Gasteiger partial charge in [-0.1, -0.05) is 20.3 Å². The van der Waals surface area contributed by atoms with E-state index < -0.39 is 0 Å². The quantitative estimate of drug-likeness (QED) is 0.884. The molecule has 0 spiro atoms. The van der Waals surface area contributed by atoms with Gasteiger partial charge in [-0.05, 0) is 38.5 Å². The van der Waals surface area contributed by atoms with E-state index in [-0.39, 0.29) is 0 Å². The van der Waals surface area contributed by atoms with Gasteiger partial charge in [0.2, 0.25) is 5.88 Å². The molecule has 1 aromatic heterocycles. The Morgan fingerprint density at radius 3 is 2.74 bits per heavy atom. The van der Waals surface area contributed by atoms with Crippen LogP contribution in [-0.2, 0) is 0 Å². The van der Waals surface area contributed by atoms with Crippen molar-refractivity contribution in [3.8, 4) is 5.88 Å². The summed E-state index contributed by atoms with van der Waals surface area (Å²) >= 11 is 0. The van der Waals surface area contributed by atoms with Crippen molar-refractivity contribution in [2.45, 2.75) is 53.0 Å². The van der Waals surface area contributed by atoms with Crippen molar-refractivity contribution >= 4 is 5.82 Å². The highest BCUT2D eigenvalue weighted by molar-refractivity contribution is 5.48. The van der Waals surface area contributed by atoms with E-state index in [2.05, 4.69) is 29.1 Å². The third-order valence-electron chi connectivity index (χ3n) is 4.39. The number of rotatable bonds is 5. The van der Waals surface area contributed by atoms with E-state index in [0.29, 0.717) is 24.4 Å². The Morgan fingerprint density at radius 2 is 2.11 bits per heavy atom. The summed E-state index contributed by atoms with van der Waals surface area (Å²) in [5, 5.41) is 3.59. The Hall–Kier alpha value is -1.32. The number of ether oxygens (including phenoxy) is 1. The highest BCUT2D eigenvalue weighted by atomic mass is 16.5. The number of aromatic nitrogens is 2. The molecule has 2 rings (SSSR count). The van der Waals surface area contributed by atoms with E-state index in [9.17, 15) is 0 Å². The second-order valence-corrected chi connectivity index (χ2v) is 5.44. The molecule has 4 heteroatoms. The summed E-state index contributed by atoms with van der Waals surface area (Å²) in [6.07, 6.45) is 5.40. The van der Waals surface area contributed by atoms with Gasteiger partial charge in [0.1, 0.15) is 12.1 Å². The highest BCUT2D eigenvalue weighted by Crippen LogP contribution is 2.36. The average Bonchev–Trinajstić information content (AvgIpc) is 2.75. The molecule has 0 bridgehead atoms. The fourth-order valence-corrected chi connectivity index (χ4v) is 3.06. The summed E-state index contributed by atoms with van der Waals surface area (Å²) in [5.41, 5.74) is 1.01. The van der Waals surface area contributed by atoms with Gasteiger partial charge < -0.3 is 10.1 Å². The summed E-state index contributed by atoms with van der Waals surface area (Å²) in [6.45, 7) is 9.25. The molecule has 1 heterocycles. The molecule has 1 fully saturated rings. The molecule has 0 aromatic carbocycles. The lowest BCUT2D eigenvalue weighted by Crippen LogP contribution is -2.25. The molecule has 1 N–H and O–H groups in total. The molecule has 106 valence electrons. The number of anilines is 1. The molecule has 1 aliphatic carbocycles. The van der Waals surface area contributed by atoms with Crippen molar-refractivity contribution < 1.29 is 4.74 Å². The first-order valence-electron chi connectivity index (χ1n) is 7.38. The van der Waals surface area contributed by atoms with Crippen LogP contribution in [0.25, 0.3) is 0 Å². The molecule has 1 saturated carbocycles. The lowest BCUT2D eigenvalue weighted by Gasteiger charge is -2.22. The van der Waals surface area contributed by atoms with E-state index >= 15 is 0 Å². The Morgan fingerprint density at radius 1 is 1.32 bits per heavy atom. The summed E-state index contributed by atoms with van der Waals surface area (Å²) in [4.78, 5) is 8.55. The smallest absolute Gasteiger partial charge is 0.221 e. The maximum Gasteiger partial charge on any atom is 0.221 e. The number of hydrogen-bond donors (Lipinski definition) is 1. The monoisotopic (exact) mass is 263 g/mol. The molecule has 4 nitrogen and oxygen atoms in total. The van der Waals surface area contributed by atoms with Gasteiger partial charge in [0, 0.05) is 6.04 Å².